The molecule has 7 nitrogen and oxygen atoms in total. The minimum atomic E-state index is -0.508. The van der Waals surface area contributed by atoms with Gasteiger partial charge in [-0.1, -0.05) is 50.4 Å². The predicted octanol–water partition coefficient (Wildman–Crippen LogP) is 6.94. The second kappa shape index (κ2) is 15.4. The monoisotopic (exact) mass is 535 g/mol. The van der Waals surface area contributed by atoms with E-state index in [0.717, 1.165) is 35.5 Å². The third-order valence-corrected chi connectivity index (χ3v) is 6.63. The number of nitrogens with zero attached hydrogens (tertiary/aromatic N) is 1. The van der Waals surface area contributed by atoms with Gasteiger partial charge in [-0.25, -0.2) is 4.79 Å². The number of phenols is 1. The number of halogens is 1. The third kappa shape index (κ3) is 9.06. The van der Waals surface area contributed by atoms with Crippen molar-refractivity contribution in [2.24, 2.45) is 5.16 Å². The minimum absolute atomic E-state index is 0.110. The molecule has 1 N–H and O–H groups in total. The van der Waals surface area contributed by atoms with Crippen LogP contribution in [0.25, 0.3) is 0 Å². The Morgan fingerprint density at radius 2 is 1.89 bits per heavy atom. The molecule has 0 amide bonds. The van der Waals surface area contributed by atoms with Crippen molar-refractivity contribution in [3.05, 3.63) is 46.5 Å². The molecule has 0 fully saturated rings. The second-order valence-electron chi connectivity index (χ2n) is 8.03. The summed E-state index contributed by atoms with van der Waals surface area (Å²) in [5.74, 6) is 1.14. The van der Waals surface area contributed by atoms with E-state index in [-0.39, 0.29) is 11.7 Å². The number of carbonyl (C=O) groups is 2. The van der Waals surface area contributed by atoms with Crippen molar-refractivity contribution in [1.29, 1.82) is 0 Å². The molecular weight excluding hydrogens is 502 g/mol. The molecule has 0 aliphatic rings. The first kappa shape index (κ1) is 29.5. The smallest absolute Gasteiger partial charge is 0.331 e. The lowest BCUT2D eigenvalue weighted by Gasteiger charge is -2.16. The minimum Gasteiger partial charge on any atom is -0.507 e. The molecule has 0 bridgehead atoms. The van der Waals surface area contributed by atoms with E-state index in [4.69, 9.17) is 25.9 Å². The van der Waals surface area contributed by atoms with Gasteiger partial charge in [-0.2, -0.15) is 0 Å². The molecule has 2 rings (SSSR count). The van der Waals surface area contributed by atoms with Crippen LogP contribution in [0.3, 0.4) is 0 Å². The number of oxime groups is 1. The van der Waals surface area contributed by atoms with Crippen LogP contribution in [0.15, 0.2) is 40.4 Å². The fourth-order valence-electron chi connectivity index (χ4n) is 3.35. The number of benzene rings is 2. The lowest BCUT2D eigenvalue weighted by molar-refractivity contribution is -0.141. The first-order valence-corrected chi connectivity index (χ1v) is 13.5. The molecular formula is C27H34ClNO6S. The van der Waals surface area contributed by atoms with Gasteiger partial charge in [0.2, 0.25) is 0 Å². The quantitative estimate of drug-likeness (QED) is 0.0532. The SMILES string of the molecule is CCCC(=NOC(C)=O)c1ccc(OCCCSc2ccc(OC(=O)CC)cc2Cl)c(CCC)c1O. The molecule has 2 aromatic carbocycles. The van der Waals surface area contributed by atoms with Gasteiger partial charge in [-0.05, 0) is 43.5 Å². The van der Waals surface area contributed by atoms with E-state index < -0.39 is 5.97 Å². The summed E-state index contributed by atoms with van der Waals surface area (Å²) in [6.07, 6.45) is 3.88. The van der Waals surface area contributed by atoms with Crippen LogP contribution in [-0.2, 0) is 20.8 Å². The van der Waals surface area contributed by atoms with Crippen molar-refractivity contribution in [2.75, 3.05) is 12.4 Å². The Kier molecular flexibility index (Phi) is 12.6. The number of thioether (sulfide) groups is 1. The molecule has 0 spiro atoms. The molecule has 0 saturated heterocycles. The molecule has 0 saturated carbocycles. The molecule has 0 heterocycles. The Morgan fingerprint density at radius 3 is 2.53 bits per heavy atom. The third-order valence-electron chi connectivity index (χ3n) is 5.05. The summed E-state index contributed by atoms with van der Waals surface area (Å²) in [6.45, 7) is 7.52. The van der Waals surface area contributed by atoms with Gasteiger partial charge in [-0.15, -0.1) is 11.8 Å². The van der Waals surface area contributed by atoms with Crippen molar-refractivity contribution in [3.8, 4) is 17.2 Å². The normalized spacial score (nSPS) is 11.3. The van der Waals surface area contributed by atoms with Crippen LogP contribution in [0.4, 0.5) is 0 Å². The van der Waals surface area contributed by atoms with Crippen molar-refractivity contribution in [3.63, 3.8) is 0 Å². The first-order valence-electron chi connectivity index (χ1n) is 12.2. The van der Waals surface area contributed by atoms with Gasteiger partial charge in [0.1, 0.15) is 17.2 Å². The van der Waals surface area contributed by atoms with Crippen LogP contribution in [0.5, 0.6) is 17.2 Å². The summed E-state index contributed by atoms with van der Waals surface area (Å²) in [6, 6.07) is 8.81. The topological polar surface area (TPSA) is 94.4 Å². The summed E-state index contributed by atoms with van der Waals surface area (Å²) in [5.41, 5.74) is 1.79. The van der Waals surface area contributed by atoms with Crippen LogP contribution in [-0.4, -0.2) is 35.1 Å². The maximum absolute atomic E-state index is 11.4. The fourth-order valence-corrected chi connectivity index (χ4v) is 4.53. The van der Waals surface area contributed by atoms with E-state index in [2.05, 4.69) is 5.16 Å². The van der Waals surface area contributed by atoms with E-state index in [0.29, 0.717) is 53.7 Å². The van der Waals surface area contributed by atoms with Gasteiger partial charge in [0.05, 0.1) is 17.3 Å². The second-order valence-corrected chi connectivity index (χ2v) is 9.57. The fraction of sp³-hybridized carbons (Fsp3) is 0.444. The maximum atomic E-state index is 11.4. The number of hydrogen-bond donors (Lipinski definition) is 1. The van der Waals surface area contributed by atoms with Gasteiger partial charge < -0.3 is 19.4 Å². The van der Waals surface area contributed by atoms with Gasteiger partial charge in [0.25, 0.3) is 0 Å². The number of ether oxygens (including phenoxy) is 2. The highest BCUT2D eigenvalue weighted by Gasteiger charge is 2.18. The van der Waals surface area contributed by atoms with E-state index in [1.807, 2.05) is 26.0 Å². The van der Waals surface area contributed by atoms with Crippen molar-refractivity contribution < 1.29 is 29.0 Å². The largest absolute Gasteiger partial charge is 0.507 e. The number of rotatable bonds is 14. The van der Waals surface area contributed by atoms with Gasteiger partial charge in [-0.3, -0.25) is 4.79 Å². The van der Waals surface area contributed by atoms with Crippen molar-refractivity contribution in [1.82, 2.24) is 0 Å². The van der Waals surface area contributed by atoms with Gasteiger partial charge >= 0.3 is 11.9 Å². The van der Waals surface area contributed by atoms with Crippen molar-refractivity contribution >= 4 is 41.0 Å². The highest BCUT2D eigenvalue weighted by Crippen LogP contribution is 2.35. The molecule has 0 unspecified atom stereocenters. The van der Waals surface area contributed by atoms with Crippen LogP contribution in [0, 0.1) is 0 Å². The Morgan fingerprint density at radius 1 is 1.11 bits per heavy atom. The summed E-state index contributed by atoms with van der Waals surface area (Å²) < 4.78 is 11.2. The number of aromatic hydroxyl groups is 1. The highest BCUT2D eigenvalue weighted by molar-refractivity contribution is 7.99. The molecule has 0 radical (unpaired) electrons. The Hall–Kier alpha value is -2.71. The summed E-state index contributed by atoms with van der Waals surface area (Å²) >= 11 is 7.93. The van der Waals surface area contributed by atoms with E-state index >= 15 is 0 Å². The molecule has 0 aliphatic heterocycles. The molecule has 0 atom stereocenters. The lowest BCUT2D eigenvalue weighted by Crippen LogP contribution is -2.07. The average Bonchev–Trinajstić information content (AvgIpc) is 2.84. The zero-order chi connectivity index (χ0) is 26.5. The molecule has 0 aromatic heterocycles. The number of hydrogen-bond acceptors (Lipinski definition) is 8. The lowest BCUT2D eigenvalue weighted by atomic mass is 9.98. The molecule has 196 valence electrons. The zero-order valence-electron chi connectivity index (χ0n) is 21.3. The molecule has 0 aliphatic carbocycles. The predicted molar refractivity (Wildman–Crippen MR) is 144 cm³/mol. The number of phenolic OH excluding ortho intramolecular Hbond substituents is 1. The van der Waals surface area contributed by atoms with Gasteiger partial charge in [0.15, 0.2) is 0 Å². The van der Waals surface area contributed by atoms with Crippen molar-refractivity contribution in [2.45, 2.75) is 71.1 Å². The molecule has 2 aromatic rings. The van der Waals surface area contributed by atoms with Crippen LogP contribution in [0.1, 0.15) is 70.9 Å². The Balaban J connectivity index is 2.01. The first-order chi connectivity index (χ1) is 17.3. The van der Waals surface area contributed by atoms with E-state index in [1.165, 1.54) is 6.92 Å². The average molecular weight is 536 g/mol. The Labute approximate surface area is 222 Å². The van der Waals surface area contributed by atoms with Crippen LogP contribution in [0.2, 0.25) is 5.02 Å². The molecule has 36 heavy (non-hydrogen) atoms. The zero-order valence-corrected chi connectivity index (χ0v) is 22.8. The summed E-state index contributed by atoms with van der Waals surface area (Å²) in [7, 11) is 0. The van der Waals surface area contributed by atoms with E-state index in [1.54, 1.807) is 36.9 Å². The highest BCUT2D eigenvalue weighted by atomic mass is 35.5. The number of esters is 1. The summed E-state index contributed by atoms with van der Waals surface area (Å²) in [4.78, 5) is 28.4. The summed E-state index contributed by atoms with van der Waals surface area (Å²) in [5, 5.41) is 15.5. The Bertz CT molecular complexity index is 1070. The van der Waals surface area contributed by atoms with Crippen LogP contribution < -0.4 is 9.47 Å². The maximum Gasteiger partial charge on any atom is 0.331 e. The van der Waals surface area contributed by atoms with Gasteiger partial charge in [0, 0.05) is 41.2 Å². The number of carbonyl (C=O) groups excluding carboxylic acids is 2. The standard InChI is InChI=1S/C27H34ClNO6S/c1-5-9-21-24(13-12-20(27(21)32)23(10-6-2)29-35-18(4)30)33-15-8-16-36-25-14-11-19(17-22(25)28)34-26(31)7-3/h11-14,17,32H,5-10,15-16H2,1-4H3. The van der Waals surface area contributed by atoms with E-state index in [9.17, 15) is 14.7 Å². The van der Waals surface area contributed by atoms with Crippen LogP contribution >= 0.6 is 23.4 Å². The molecule has 9 heteroatoms.